The van der Waals surface area contributed by atoms with Crippen LogP contribution in [0.5, 0.6) is 0 Å². The summed E-state index contributed by atoms with van der Waals surface area (Å²) in [6.45, 7) is 4.71. The highest BCUT2D eigenvalue weighted by atomic mass is 16.6. The normalized spacial score (nSPS) is 11.2. The largest absolute Gasteiger partial charge is 0.336 e. The third-order valence-corrected chi connectivity index (χ3v) is 3.31. The first-order valence-corrected chi connectivity index (χ1v) is 6.63. The van der Waals surface area contributed by atoms with Gasteiger partial charge in [-0.1, -0.05) is 13.8 Å². The second-order valence-corrected chi connectivity index (χ2v) is 5.32. The van der Waals surface area contributed by atoms with Gasteiger partial charge in [-0.05, 0) is 18.8 Å². The van der Waals surface area contributed by atoms with Gasteiger partial charge in [0, 0.05) is 7.05 Å². The summed E-state index contributed by atoms with van der Waals surface area (Å²) in [4.78, 5) is 14.8. The molecule has 0 unspecified atom stereocenters. The number of nitrogens with zero attached hydrogens (tertiary/aromatic N) is 5. The Morgan fingerprint density at radius 2 is 2.15 bits per heavy atom. The van der Waals surface area contributed by atoms with Crippen LogP contribution in [0.25, 0.3) is 0 Å². The first kappa shape index (κ1) is 14.2. The second kappa shape index (κ2) is 5.85. The lowest BCUT2D eigenvalue weighted by Crippen LogP contribution is -2.10. The van der Waals surface area contributed by atoms with Crippen LogP contribution in [0.15, 0.2) is 18.7 Å². The van der Waals surface area contributed by atoms with Gasteiger partial charge in [0.2, 0.25) is 0 Å². The molecule has 0 saturated carbocycles. The van der Waals surface area contributed by atoms with Crippen LogP contribution in [-0.4, -0.2) is 24.3 Å². The number of imidazole rings is 1. The van der Waals surface area contributed by atoms with E-state index in [2.05, 4.69) is 23.9 Å². The summed E-state index contributed by atoms with van der Waals surface area (Å²) >= 11 is 0. The topological polar surface area (TPSA) is 78.8 Å². The zero-order valence-corrected chi connectivity index (χ0v) is 12.0. The Balaban J connectivity index is 2.27. The first-order chi connectivity index (χ1) is 9.49. The third kappa shape index (κ3) is 3.04. The quantitative estimate of drug-likeness (QED) is 0.598. The van der Waals surface area contributed by atoms with Gasteiger partial charge in [0.15, 0.2) is 0 Å². The lowest BCUT2D eigenvalue weighted by atomic mass is 10.1. The van der Waals surface area contributed by atoms with E-state index in [4.69, 9.17) is 0 Å². The van der Waals surface area contributed by atoms with Crippen molar-refractivity contribution in [2.45, 2.75) is 33.2 Å². The van der Waals surface area contributed by atoms with Crippen molar-refractivity contribution in [2.24, 2.45) is 13.0 Å². The molecule has 108 valence electrons. The average Bonchev–Trinajstić information content (AvgIpc) is 2.95. The van der Waals surface area contributed by atoms with Crippen molar-refractivity contribution in [1.29, 1.82) is 0 Å². The van der Waals surface area contributed by atoms with Crippen molar-refractivity contribution >= 4 is 5.69 Å². The predicted octanol–water partition coefficient (Wildman–Crippen LogP) is 2.16. The number of hydrogen-bond donors (Lipinski definition) is 0. The maximum Gasteiger partial charge on any atom is 0.310 e. The van der Waals surface area contributed by atoms with Gasteiger partial charge in [-0.2, -0.15) is 5.10 Å². The molecule has 0 saturated heterocycles. The minimum Gasteiger partial charge on any atom is -0.336 e. The van der Waals surface area contributed by atoms with Gasteiger partial charge in [0.05, 0.1) is 29.7 Å². The second-order valence-electron chi connectivity index (χ2n) is 5.32. The number of aryl methyl sites for hydroxylation is 1. The van der Waals surface area contributed by atoms with Crippen molar-refractivity contribution in [2.75, 3.05) is 0 Å². The lowest BCUT2D eigenvalue weighted by molar-refractivity contribution is -0.385. The van der Waals surface area contributed by atoms with Gasteiger partial charge >= 0.3 is 5.69 Å². The Bertz CT molecular complexity index is 600. The van der Waals surface area contributed by atoms with Crippen LogP contribution < -0.4 is 0 Å². The molecule has 2 aromatic rings. The molecule has 2 rings (SSSR count). The van der Waals surface area contributed by atoms with Crippen LogP contribution in [0, 0.1) is 16.0 Å². The summed E-state index contributed by atoms with van der Waals surface area (Å²) in [5.41, 5.74) is 1.76. The van der Waals surface area contributed by atoms with Gasteiger partial charge < -0.3 is 4.57 Å². The van der Waals surface area contributed by atoms with Gasteiger partial charge in [-0.3, -0.25) is 14.8 Å². The molecule has 7 heteroatoms. The standard InChI is InChI=1S/C13H19N5O2/c1-10(2)4-5-12-13(18(19)20)7-15-17(12)8-11-6-14-9-16(11)3/h6-7,9-10H,4-5,8H2,1-3H3. The predicted molar refractivity (Wildman–Crippen MR) is 74.4 cm³/mol. The molecule has 0 atom stereocenters. The number of aromatic nitrogens is 4. The molecule has 0 N–H and O–H groups in total. The SMILES string of the molecule is CC(C)CCc1c([N+](=O)[O-])cnn1Cc1cncn1C. The molecular weight excluding hydrogens is 258 g/mol. The van der Waals surface area contributed by atoms with E-state index in [1.807, 2.05) is 11.6 Å². The van der Waals surface area contributed by atoms with Crippen molar-refractivity contribution in [1.82, 2.24) is 19.3 Å². The summed E-state index contributed by atoms with van der Waals surface area (Å²) < 4.78 is 3.59. The first-order valence-electron chi connectivity index (χ1n) is 6.63. The summed E-state index contributed by atoms with van der Waals surface area (Å²) in [6, 6.07) is 0. The fourth-order valence-corrected chi connectivity index (χ4v) is 2.06. The van der Waals surface area contributed by atoms with Crippen LogP contribution in [-0.2, 0) is 20.0 Å². The zero-order chi connectivity index (χ0) is 14.7. The van der Waals surface area contributed by atoms with E-state index in [0.717, 1.165) is 12.1 Å². The fraction of sp³-hybridized carbons (Fsp3) is 0.538. The Morgan fingerprint density at radius 1 is 1.40 bits per heavy atom. The third-order valence-electron chi connectivity index (χ3n) is 3.31. The van der Waals surface area contributed by atoms with E-state index >= 15 is 0 Å². The van der Waals surface area contributed by atoms with E-state index in [9.17, 15) is 10.1 Å². The van der Waals surface area contributed by atoms with Crippen molar-refractivity contribution in [3.05, 3.63) is 40.2 Å². The van der Waals surface area contributed by atoms with Gasteiger partial charge in [0.25, 0.3) is 0 Å². The molecule has 0 aliphatic carbocycles. The number of nitro groups is 1. The van der Waals surface area contributed by atoms with Gasteiger partial charge in [0.1, 0.15) is 11.9 Å². The monoisotopic (exact) mass is 277 g/mol. The molecule has 20 heavy (non-hydrogen) atoms. The van der Waals surface area contributed by atoms with E-state index in [-0.39, 0.29) is 10.6 Å². The van der Waals surface area contributed by atoms with Gasteiger partial charge in [-0.15, -0.1) is 0 Å². The molecule has 0 aliphatic heterocycles. The molecule has 0 bridgehead atoms. The molecule has 7 nitrogen and oxygen atoms in total. The molecule has 2 aromatic heterocycles. The maximum atomic E-state index is 11.1. The highest BCUT2D eigenvalue weighted by Gasteiger charge is 2.21. The molecule has 0 aromatic carbocycles. The zero-order valence-electron chi connectivity index (χ0n) is 12.0. The molecule has 2 heterocycles. The molecule has 0 fully saturated rings. The van der Waals surface area contributed by atoms with Crippen molar-refractivity contribution < 1.29 is 4.92 Å². The lowest BCUT2D eigenvalue weighted by Gasteiger charge is -2.09. The average molecular weight is 277 g/mol. The highest BCUT2D eigenvalue weighted by Crippen LogP contribution is 2.21. The van der Waals surface area contributed by atoms with Crippen LogP contribution in [0.1, 0.15) is 31.7 Å². The molecule has 0 amide bonds. The summed E-state index contributed by atoms with van der Waals surface area (Å²) in [7, 11) is 1.90. The van der Waals surface area contributed by atoms with E-state index in [0.29, 0.717) is 24.6 Å². The smallest absolute Gasteiger partial charge is 0.310 e. The van der Waals surface area contributed by atoms with Crippen LogP contribution in [0.4, 0.5) is 5.69 Å². The van der Waals surface area contributed by atoms with Crippen molar-refractivity contribution in [3.63, 3.8) is 0 Å². The van der Waals surface area contributed by atoms with Crippen LogP contribution >= 0.6 is 0 Å². The Kier molecular flexibility index (Phi) is 4.16. The Hall–Kier alpha value is -2.18. The summed E-state index contributed by atoms with van der Waals surface area (Å²) in [6.07, 6.45) is 6.36. The fourth-order valence-electron chi connectivity index (χ4n) is 2.06. The molecule has 0 radical (unpaired) electrons. The van der Waals surface area contributed by atoms with Crippen LogP contribution in [0.3, 0.4) is 0 Å². The molecule has 0 spiro atoms. The molecular formula is C13H19N5O2. The maximum absolute atomic E-state index is 11.1. The molecule has 0 aliphatic rings. The Morgan fingerprint density at radius 3 is 2.70 bits per heavy atom. The van der Waals surface area contributed by atoms with Crippen LogP contribution in [0.2, 0.25) is 0 Å². The number of hydrogen-bond acceptors (Lipinski definition) is 4. The van der Waals surface area contributed by atoms with E-state index < -0.39 is 0 Å². The minimum absolute atomic E-state index is 0.104. The number of rotatable bonds is 6. The Labute approximate surface area is 117 Å². The van der Waals surface area contributed by atoms with E-state index in [1.165, 1.54) is 6.20 Å². The minimum atomic E-state index is -0.359. The van der Waals surface area contributed by atoms with E-state index in [1.54, 1.807) is 17.2 Å². The van der Waals surface area contributed by atoms with Gasteiger partial charge in [-0.25, -0.2) is 4.98 Å². The summed E-state index contributed by atoms with van der Waals surface area (Å²) in [5.74, 6) is 0.495. The highest BCUT2D eigenvalue weighted by molar-refractivity contribution is 5.33. The summed E-state index contributed by atoms with van der Waals surface area (Å²) in [5, 5.41) is 15.2. The van der Waals surface area contributed by atoms with Crippen molar-refractivity contribution in [3.8, 4) is 0 Å².